The molecule has 0 N–H and O–H groups in total. The predicted octanol–water partition coefficient (Wildman–Crippen LogP) is 5.22. The Balaban J connectivity index is 0.00000136. The predicted molar refractivity (Wildman–Crippen MR) is 126 cm³/mol. The third-order valence-electron chi connectivity index (χ3n) is 4.79. The molecular weight excluding hydrogens is 433 g/mol. The fourth-order valence-corrected chi connectivity index (χ4v) is 3.36. The molecule has 0 amide bonds. The first kappa shape index (κ1) is 22.3. The highest BCUT2D eigenvalue weighted by Crippen LogP contribution is 2.25. The minimum atomic E-state index is 0. The summed E-state index contributed by atoms with van der Waals surface area (Å²) in [5, 5.41) is 4.55. The van der Waals surface area contributed by atoms with E-state index in [1.165, 1.54) is 0 Å². The molecule has 31 heavy (non-hydrogen) atoms. The molecule has 0 atom stereocenters. The molecule has 4 aromatic heterocycles. The normalized spacial score (nSPS) is 10.4. The molecule has 0 spiro atoms. The molecule has 0 aliphatic rings. The first-order valence-corrected chi connectivity index (χ1v) is 9.36. The average molecular weight is 454 g/mol. The number of rotatable bonds is 5. The molecule has 0 saturated carbocycles. The first-order valence-electron chi connectivity index (χ1n) is 9.36. The Hall–Kier alpha value is -3.35. The van der Waals surface area contributed by atoms with Crippen LogP contribution >= 0.6 is 24.8 Å². The van der Waals surface area contributed by atoms with E-state index in [0.717, 1.165) is 39.5 Å². The number of halogens is 2. The van der Waals surface area contributed by atoms with Gasteiger partial charge >= 0.3 is 0 Å². The number of imidazole rings is 1. The van der Waals surface area contributed by atoms with Crippen LogP contribution in [0.1, 0.15) is 5.69 Å². The summed E-state index contributed by atoms with van der Waals surface area (Å²) in [5.41, 5.74) is 5.94. The molecular formula is C23H21Cl2N5O. The largest absolute Gasteiger partial charge is 0.487 e. The Labute approximate surface area is 192 Å². The molecule has 0 aliphatic heterocycles. The number of hydrogen-bond acceptors (Lipinski definition) is 4. The van der Waals surface area contributed by atoms with Crippen molar-refractivity contribution < 1.29 is 4.74 Å². The van der Waals surface area contributed by atoms with Gasteiger partial charge in [-0.3, -0.25) is 9.67 Å². The lowest BCUT2D eigenvalue weighted by Crippen LogP contribution is -1.99. The zero-order valence-electron chi connectivity index (χ0n) is 16.8. The lowest BCUT2D eigenvalue weighted by Gasteiger charge is -2.07. The van der Waals surface area contributed by atoms with E-state index in [-0.39, 0.29) is 24.8 Å². The fraction of sp³-hybridized carbons (Fsp3) is 0.0870. The van der Waals surface area contributed by atoms with Gasteiger partial charge in [0.25, 0.3) is 0 Å². The maximum atomic E-state index is 6.00. The summed E-state index contributed by atoms with van der Waals surface area (Å²) >= 11 is 0. The van der Waals surface area contributed by atoms with E-state index in [2.05, 4.69) is 15.1 Å². The second-order valence-electron chi connectivity index (χ2n) is 6.80. The van der Waals surface area contributed by atoms with Crippen molar-refractivity contribution in [2.75, 3.05) is 0 Å². The summed E-state index contributed by atoms with van der Waals surface area (Å²) in [4.78, 5) is 8.74. The Morgan fingerprint density at radius 2 is 1.65 bits per heavy atom. The van der Waals surface area contributed by atoms with Gasteiger partial charge in [0.15, 0.2) is 0 Å². The van der Waals surface area contributed by atoms with Crippen LogP contribution in [0.5, 0.6) is 5.75 Å². The monoisotopic (exact) mass is 453 g/mol. The standard InChI is InChI=1S/C23H19N5O.2ClH/c1-27-14-20(17-9-11-24-12-10-17)22(26-27)16-29-19-7-5-18(6-8-19)21-15-28-13-3-2-4-23(28)25-21;;/h2-15H,16H2,1H3;2*1H. The molecule has 4 heterocycles. The van der Waals surface area contributed by atoms with Crippen LogP contribution in [-0.2, 0) is 13.7 Å². The fourth-order valence-electron chi connectivity index (χ4n) is 3.36. The van der Waals surface area contributed by atoms with E-state index < -0.39 is 0 Å². The number of ether oxygens (including phenoxy) is 1. The van der Waals surface area contributed by atoms with Crippen molar-refractivity contribution in [3.05, 3.63) is 91.3 Å². The second-order valence-corrected chi connectivity index (χ2v) is 6.80. The van der Waals surface area contributed by atoms with E-state index in [1.807, 2.05) is 84.6 Å². The lowest BCUT2D eigenvalue weighted by molar-refractivity contribution is 0.300. The molecule has 158 valence electrons. The first-order chi connectivity index (χ1) is 14.3. The number of benzene rings is 1. The van der Waals surface area contributed by atoms with Crippen LogP contribution in [0.2, 0.25) is 0 Å². The topological polar surface area (TPSA) is 57.2 Å². The van der Waals surface area contributed by atoms with Crippen molar-refractivity contribution >= 4 is 30.5 Å². The van der Waals surface area contributed by atoms with Gasteiger partial charge in [-0.05, 0) is 54.1 Å². The molecule has 0 bridgehead atoms. The zero-order valence-corrected chi connectivity index (χ0v) is 18.4. The average Bonchev–Trinajstić information content (AvgIpc) is 3.36. The molecule has 0 saturated heterocycles. The van der Waals surface area contributed by atoms with Gasteiger partial charge in [0.1, 0.15) is 23.7 Å². The minimum Gasteiger partial charge on any atom is -0.487 e. The Kier molecular flexibility index (Phi) is 6.95. The summed E-state index contributed by atoms with van der Waals surface area (Å²) in [6.07, 6.45) is 9.59. The molecule has 5 aromatic rings. The quantitative estimate of drug-likeness (QED) is 0.366. The van der Waals surface area contributed by atoms with E-state index >= 15 is 0 Å². The summed E-state index contributed by atoms with van der Waals surface area (Å²) < 4.78 is 9.82. The van der Waals surface area contributed by atoms with Crippen LogP contribution in [0.15, 0.2) is 85.6 Å². The maximum absolute atomic E-state index is 6.00. The van der Waals surface area contributed by atoms with Crippen molar-refractivity contribution in [2.45, 2.75) is 6.61 Å². The van der Waals surface area contributed by atoms with Gasteiger partial charge in [-0.2, -0.15) is 5.10 Å². The van der Waals surface area contributed by atoms with Crippen molar-refractivity contribution in [3.63, 3.8) is 0 Å². The molecule has 1 aromatic carbocycles. The van der Waals surface area contributed by atoms with Crippen LogP contribution in [0.25, 0.3) is 28.0 Å². The third kappa shape index (κ3) is 4.71. The second kappa shape index (κ2) is 9.64. The number of fused-ring (bicyclic) bond motifs is 1. The van der Waals surface area contributed by atoms with Gasteiger partial charge in [0, 0.05) is 49.2 Å². The lowest BCUT2D eigenvalue weighted by atomic mass is 10.1. The van der Waals surface area contributed by atoms with Gasteiger partial charge in [-0.15, -0.1) is 24.8 Å². The van der Waals surface area contributed by atoms with Gasteiger partial charge < -0.3 is 9.14 Å². The van der Waals surface area contributed by atoms with Crippen LogP contribution in [0.3, 0.4) is 0 Å². The Morgan fingerprint density at radius 3 is 2.39 bits per heavy atom. The van der Waals surface area contributed by atoms with Gasteiger partial charge in [0.2, 0.25) is 0 Å². The van der Waals surface area contributed by atoms with Crippen molar-refractivity contribution in [3.8, 4) is 28.1 Å². The zero-order chi connectivity index (χ0) is 19.6. The van der Waals surface area contributed by atoms with E-state index in [0.29, 0.717) is 6.61 Å². The van der Waals surface area contributed by atoms with Crippen LogP contribution in [0.4, 0.5) is 0 Å². The molecule has 0 unspecified atom stereocenters. The Morgan fingerprint density at radius 1 is 0.871 bits per heavy atom. The molecule has 8 heteroatoms. The smallest absolute Gasteiger partial charge is 0.137 e. The van der Waals surface area contributed by atoms with E-state index in [1.54, 1.807) is 17.1 Å². The Bertz CT molecular complexity index is 1230. The highest BCUT2D eigenvalue weighted by Gasteiger charge is 2.11. The summed E-state index contributed by atoms with van der Waals surface area (Å²) in [7, 11) is 1.91. The highest BCUT2D eigenvalue weighted by atomic mass is 35.5. The number of aryl methyl sites for hydroxylation is 1. The van der Waals surface area contributed by atoms with Gasteiger partial charge in [-0.25, -0.2) is 4.98 Å². The van der Waals surface area contributed by atoms with E-state index in [4.69, 9.17) is 4.74 Å². The van der Waals surface area contributed by atoms with Crippen LogP contribution < -0.4 is 4.74 Å². The number of nitrogens with zero attached hydrogens (tertiary/aromatic N) is 5. The van der Waals surface area contributed by atoms with Gasteiger partial charge in [0.05, 0.1) is 5.69 Å². The number of hydrogen-bond donors (Lipinski definition) is 0. The number of aromatic nitrogens is 5. The maximum Gasteiger partial charge on any atom is 0.137 e. The van der Waals surface area contributed by atoms with E-state index in [9.17, 15) is 0 Å². The van der Waals surface area contributed by atoms with Crippen molar-refractivity contribution in [1.82, 2.24) is 24.1 Å². The molecule has 0 fully saturated rings. The van der Waals surface area contributed by atoms with Crippen LogP contribution in [0, 0.1) is 0 Å². The molecule has 0 radical (unpaired) electrons. The summed E-state index contributed by atoms with van der Waals surface area (Å²) in [6.45, 7) is 0.395. The highest BCUT2D eigenvalue weighted by molar-refractivity contribution is 5.85. The summed E-state index contributed by atoms with van der Waals surface area (Å²) in [5.74, 6) is 0.795. The van der Waals surface area contributed by atoms with Crippen molar-refractivity contribution in [1.29, 1.82) is 0 Å². The molecule has 6 nitrogen and oxygen atoms in total. The molecule has 0 aliphatic carbocycles. The third-order valence-corrected chi connectivity index (χ3v) is 4.79. The SMILES string of the molecule is Cl.Cl.Cn1cc(-c2ccncc2)c(COc2ccc(-c3cn4ccccc4n3)cc2)n1. The number of pyridine rings is 2. The minimum absolute atomic E-state index is 0. The van der Waals surface area contributed by atoms with Gasteiger partial charge in [-0.1, -0.05) is 6.07 Å². The van der Waals surface area contributed by atoms with Crippen LogP contribution in [-0.4, -0.2) is 24.1 Å². The molecule has 5 rings (SSSR count). The van der Waals surface area contributed by atoms with Crippen molar-refractivity contribution in [2.24, 2.45) is 7.05 Å². The summed E-state index contributed by atoms with van der Waals surface area (Å²) in [6, 6.07) is 17.9.